The van der Waals surface area contributed by atoms with Gasteiger partial charge in [0.25, 0.3) is 0 Å². The van der Waals surface area contributed by atoms with Gasteiger partial charge in [0, 0.05) is 52.4 Å². The third-order valence-corrected chi connectivity index (χ3v) is 4.64. The van der Waals surface area contributed by atoms with E-state index in [1.807, 2.05) is 0 Å². The molecule has 0 aromatic rings. The summed E-state index contributed by atoms with van der Waals surface area (Å²) >= 11 is 0. The van der Waals surface area contributed by atoms with Gasteiger partial charge in [-0.1, -0.05) is 13.8 Å². The second-order valence-corrected chi connectivity index (χ2v) is 7.41. The normalized spacial score (nSPS) is 22.5. The van der Waals surface area contributed by atoms with E-state index in [2.05, 4.69) is 29.0 Å². The fourth-order valence-corrected chi connectivity index (χ4v) is 3.38. The van der Waals surface area contributed by atoms with Crippen LogP contribution in [0.5, 0.6) is 0 Å². The first kappa shape index (κ1) is 20.9. The first-order valence-corrected chi connectivity index (χ1v) is 9.72. The first-order valence-electron chi connectivity index (χ1n) is 9.72. The Labute approximate surface area is 156 Å². The van der Waals surface area contributed by atoms with Gasteiger partial charge in [-0.05, 0) is 12.8 Å². The SMILES string of the molecule is CCOC(=O)N1CCN(CC(=O)NCC2CN(CC(C)C)CCO2)CC1. The van der Waals surface area contributed by atoms with Gasteiger partial charge < -0.3 is 19.7 Å². The Bertz CT molecular complexity index is 452. The minimum absolute atomic E-state index is 0.0131. The van der Waals surface area contributed by atoms with Crippen molar-refractivity contribution < 1.29 is 19.1 Å². The van der Waals surface area contributed by atoms with Crippen molar-refractivity contribution in [2.45, 2.75) is 26.9 Å². The van der Waals surface area contributed by atoms with Crippen LogP contribution in [-0.4, -0.2) is 105 Å². The van der Waals surface area contributed by atoms with Crippen LogP contribution < -0.4 is 5.32 Å². The van der Waals surface area contributed by atoms with Crippen LogP contribution >= 0.6 is 0 Å². The summed E-state index contributed by atoms with van der Waals surface area (Å²) in [6.07, 6.45) is -0.205. The third kappa shape index (κ3) is 7.09. The van der Waals surface area contributed by atoms with E-state index in [1.54, 1.807) is 11.8 Å². The molecule has 2 aliphatic rings. The van der Waals surface area contributed by atoms with Crippen molar-refractivity contribution in [1.82, 2.24) is 20.0 Å². The van der Waals surface area contributed by atoms with Gasteiger partial charge >= 0.3 is 6.09 Å². The quantitative estimate of drug-likeness (QED) is 0.692. The summed E-state index contributed by atoms with van der Waals surface area (Å²) in [4.78, 5) is 30.1. The van der Waals surface area contributed by atoms with Crippen molar-refractivity contribution in [3.63, 3.8) is 0 Å². The molecule has 26 heavy (non-hydrogen) atoms. The van der Waals surface area contributed by atoms with E-state index in [0.717, 1.165) is 26.2 Å². The third-order valence-electron chi connectivity index (χ3n) is 4.64. The number of nitrogens with one attached hydrogen (secondary N) is 1. The van der Waals surface area contributed by atoms with Crippen molar-refractivity contribution in [1.29, 1.82) is 0 Å². The molecule has 2 rings (SSSR count). The maximum atomic E-state index is 12.2. The zero-order valence-corrected chi connectivity index (χ0v) is 16.4. The minimum Gasteiger partial charge on any atom is -0.450 e. The van der Waals surface area contributed by atoms with E-state index in [9.17, 15) is 9.59 Å². The Kier molecular flexibility index (Phi) is 8.61. The van der Waals surface area contributed by atoms with Crippen molar-refractivity contribution in [2.24, 2.45) is 5.92 Å². The highest BCUT2D eigenvalue weighted by Gasteiger charge is 2.24. The molecule has 8 heteroatoms. The van der Waals surface area contributed by atoms with E-state index < -0.39 is 0 Å². The number of carbonyl (C=O) groups is 2. The predicted molar refractivity (Wildman–Crippen MR) is 99.1 cm³/mol. The molecule has 0 spiro atoms. The Morgan fingerprint density at radius 3 is 2.54 bits per heavy atom. The van der Waals surface area contributed by atoms with Crippen LogP contribution in [0.3, 0.4) is 0 Å². The second kappa shape index (κ2) is 10.7. The lowest BCUT2D eigenvalue weighted by atomic mass is 10.2. The number of carbonyl (C=O) groups excluding carboxylic acids is 2. The lowest BCUT2D eigenvalue weighted by Gasteiger charge is -2.35. The molecule has 0 radical (unpaired) electrons. The van der Waals surface area contributed by atoms with Crippen molar-refractivity contribution in [3.8, 4) is 0 Å². The summed E-state index contributed by atoms with van der Waals surface area (Å²) in [6.45, 7) is 13.7. The van der Waals surface area contributed by atoms with Crippen molar-refractivity contribution >= 4 is 12.0 Å². The maximum Gasteiger partial charge on any atom is 0.409 e. The fraction of sp³-hybridized carbons (Fsp3) is 0.889. The van der Waals surface area contributed by atoms with Gasteiger partial charge in [-0.2, -0.15) is 0 Å². The van der Waals surface area contributed by atoms with E-state index >= 15 is 0 Å². The Balaban J connectivity index is 1.63. The molecule has 1 unspecified atom stereocenters. The molecule has 2 fully saturated rings. The van der Waals surface area contributed by atoms with Crippen LogP contribution in [0.25, 0.3) is 0 Å². The number of morpholine rings is 1. The number of nitrogens with zero attached hydrogens (tertiary/aromatic N) is 3. The Hall–Kier alpha value is -1.38. The number of hydrogen-bond donors (Lipinski definition) is 1. The number of rotatable bonds is 7. The standard InChI is InChI=1S/C18H34N4O4/c1-4-25-18(24)22-7-5-20(6-8-22)14-17(23)19-11-16-13-21(9-10-26-16)12-15(2)3/h15-16H,4-14H2,1-3H3,(H,19,23). The summed E-state index contributed by atoms with van der Waals surface area (Å²) < 4.78 is 10.8. The van der Waals surface area contributed by atoms with Crippen LogP contribution in [0.4, 0.5) is 4.79 Å². The highest BCUT2D eigenvalue weighted by atomic mass is 16.6. The average Bonchev–Trinajstić information content (AvgIpc) is 2.60. The van der Waals surface area contributed by atoms with E-state index in [1.165, 1.54) is 0 Å². The topological polar surface area (TPSA) is 74.4 Å². The zero-order valence-electron chi connectivity index (χ0n) is 16.4. The number of ether oxygens (including phenoxy) is 2. The first-order chi connectivity index (χ1) is 12.5. The summed E-state index contributed by atoms with van der Waals surface area (Å²) in [6, 6.07) is 0. The van der Waals surface area contributed by atoms with Crippen LogP contribution in [0.1, 0.15) is 20.8 Å². The van der Waals surface area contributed by atoms with Gasteiger partial charge in [0.15, 0.2) is 0 Å². The summed E-state index contributed by atoms with van der Waals surface area (Å²) in [5.74, 6) is 0.649. The monoisotopic (exact) mass is 370 g/mol. The van der Waals surface area contributed by atoms with E-state index in [4.69, 9.17) is 9.47 Å². The molecule has 0 bridgehead atoms. The van der Waals surface area contributed by atoms with Crippen molar-refractivity contribution in [3.05, 3.63) is 0 Å². The Morgan fingerprint density at radius 2 is 1.88 bits per heavy atom. The molecule has 2 heterocycles. The molecular weight excluding hydrogens is 336 g/mol. The van der Waals surface area contributed by atoms with Crippen LogP contribution in [0.15, 0.2) is 0 Å². The van der Waals surface area contributed by atoms with Crippen LogP contribution in [0.2, 0.25) is 0 Å². The van der Waals surface area contributed by atoms with Gasteiger partial charge in [0.2, 0.25) is 5.91 Å². The average molecular weight is 370 g/mol. The second-order valence-electron chi connectivity index (χ2n) is 7.41. The molecule has 2 aliphatic heterocycles. The van der Waals surface area contributed by atoms with Crippen molar-refractivity contribution in [2.75, 3.05) is 72.1 Å². The predicted octanol–water partition coefficient (Wildman–Crippen LogP) is 0.234. The van der Waals surface area contributed by atoms with Crippen LogP contribution in [0, 0.1) is 5.92 Å². The molecule has 1 N–H and O–H groups in total. The largest absolute Gasteiger partial charge is 0.450 e. The number of amides is 2. The maximum absolute atomic E-state index is 12.2. The molecule has 0 saturated carbocycles. The molecular formula is C18H34N4O4. The highest BCUT2D eigenvalue weighted by Crippen LogP contribution is 2.08. The molecule has 0 aromatic carbocycles. The highest BCUT2D eigenvalue weighted by molar-refractivity contribution is 5.78. The molecule has 2 saturated heterocycles. The zero-order chi connectivity index (χ0) is 18.9. The van der Waals surface area contributed by atoms with E-state index in [-0.39, 0.29) is 18.1 Å². The smallest absolute Gasteiger partial charge is 0.409 e. The molecule has 0 aromatic heterocycles. The fourth-order valence-electron chi connectivity index (χ4n) is 3.38. The van der Waals surface area contributed by atoms with Gasteiger partial charge in [-0.3, -0.25) is 14.6 Å². The van der Waals surface area contributed by atoms with E-state index in [0.29, 0.717) is 51.8 Å². The van der Waals surface area contributed by atoms with Crippen LogP contribution in [-0.2, 0) is 14.3 Å². The van der Waals surface area contributed by atoms with Gasteiger partial charge in [0.1, 0.15) is 0 Å². The summed E-state index contributed by atoms with van der Waals surface area (Å²) in [5, 5.41) is 2.99. The number of piperazine rings is 1. The lowest BCUT2D eigenvalue weighted by molar-refractivity contribution is -0.123. The minimum atomic E-state index is -0.267. The number of hydrogen-bond acceptors (Lipinski definition) is 6. The van der Waals surface area contributed by atoms with Gasteiger partial charge in [-0.25, -0.2) is 4.79 Å². The van der Waals surface area contributed by atoms with Gasteiger partial charge in [-0.15, -0.1) is 0 Å². The summed E-state index contributed by atoms with van der Waals surface area (Å²) in [7, 11) is 0. The molecule has 150 valence electrons. The molecule has 8 nitrogen and oxygen atoms in total. The lowest BCUT2D eigenvalue weighted by Crippen LogP contribution is -2.52. The molecule has 0 aliphatic carbocycles. The molecule has 1 atom stereocenters. The molecule has 2 amide bonds. The summed E-state index contributed by atoms with van der Waals surface area (Å²) in [5.41, 5.74) is 0. The Morgan fingerprint density at radius 1 is 1.15 bits per heavy atom. The van der Waals surface area contributed by atoms with Gasteiger partial charge in [0.05, 0.1) is 25.9 Å².